The van der Waals surface area contributed by atoms with E-state index in [2.05, 4.69) is 0 Å². The maximum atomic E-state index is 9.95. The van der Waals surface area contributed by atoms with Gasteiger partial charge in [0.15, 0.2) is 6.29 Å². The van der Waals surface area contributed by atoms with Gasteiger partial charge in [0.25, 0.3) is 0 Å². The molecule has 11 heavy (non-hydrogen) atoms. The normalized spacial score (nSPS) is 13.4. The minimum atomic E-state index is -0.341. The van der Waals surface area contributed by atoms with Crippen molar-refractivity contribution in [2.75, 3.05) is 33.5 Å². The lowest BCUT2D eigenvalue weighted by atomic mass is 10.6. The fourth-order valence-electron chi connectivity index (χ4n) is 0.609. The van der Waals surface area contributed by atoms with Crippen molar-refractivity contribution in [2.45, 2.75) is 13.2 Å². The number of methoxy groups -OCH3 is 1. The predicted octanol–water partition coefficient (Wildman–Crippen LogP) is 0.442. The van der Waals surface area contributed by atoms with E-state index >= 15 is 0 Å². The molecule has 0 aliphatic heterocycles. The topological polar surface area (TPSA) is 47.6 Å². The Kier molecular flexibility index (Phi) is 7.83. The highest BCUT2D eigenvalue weighted by Gasteiger charge is 2.04. The molecule has 0 aliphatic carbocycles. The zero-order valence-electron chi connectivity index (χ0n) is 7.04. The SMILES string of the molecule is CCOC(COCC[O])OC. The molecule has 0 spiro atoms. The molecule has 1 unspecified atom stereocenters. The van der Waals surface area contributed by atoms with Crippen LogP contribution in [0.4, 0.5) is 0 Å². The third-order valence-electron chi connectivity index (χ3n) is 1.10. The van der Waals surface area contributed by atoms with Crippen LogP contribution < -0.4 is 0 Å². The molecule has 4 heteroatoms. The molecule has 0 aliphatic rings. The number of hydrogen-bond acceptors (Lipinski definition) is 3. The molecular formula is C7H15O4. The predicted molar refractivity (Wildman–Crippen MR) is 38.8 cm³/mol. The van der Waals surface area contributed by atoms with E-state index < -0.39 is 0 Å². The van der Waals surface area contributed by atoms with Crippen molar-refractivity contribution in [3.63, 3.8) is 0 Å². The van der Waals surface area contributed by atoms with Gasteiger partial charge >= 0.3 is 0 Å². The minimum absolute atomic E-state index is 0.215. The van der Waals surface area contributed by atoms with Crippen LogP contribution in [-0.2, 0) is 19.3 Å². The van der Waals surface area contributed by atoms with E-state index in [1.807, 2.05) is 6.92 Å². The molecule has 0 heterocycles. The average Bonchev–Trinajstić information content (AvgIpc) is 2.03. The molecule has 4 nitrogen and oxygen atoms in total. The van der Waals surface area contributed by atoms with Crippen LogP contribution in [0.15, 0.2) is 0 Å². The first-order valence-corrected chi connectivity index (χ1v) is 3.65. The van der Waals surface area contributed by atoms with Gasteiger partial charge in [-0.1, -0.05) is 0 Å². The second-order valence-electron chi connectivity index (χ2n) is 1.90. The fraction of sp³-hybridized carbons (Fsp3) is 1.00. The molecule has 0 bridgehead atoms. The van der Waals surface area contributed by atoms with Gasteiger partial charge in [-0.2, -0.15) is 0 Å². The molecule has 67 valence electrons. The van der Waals surface area contributed by atoms with Crippen molar-refractivity contribution in [2.24, 2.45) is 0 Å². The van der Waals surface area contributed by atoms with E-state index in [4.69, 9.17) is 14.2 Å². The Bertz CT molecular complexity index is 76.8. The summed E-state index contributed by atoms with van der Waals surface area (Å²) in [5.41, 5.74) is 0. The van der Waals surface area contributed by atoms with E-state index in [0.29, 0.717) is 13.2 Å². The van der Waals surface area contributed by atoms with E-state index in [9.17, 15) is 5.11 Å². The lowest BCUT2D eigenvalue weighted by molar-refractivity contribution is -0.156. The molecule has 0 aromatic carbocycles. The molecule has 0 saturated carbocycles. The van der Waals surface area contributed by atoms with Gasteiger partial charge in [-0.15, -0.1) is 0 Å². The third kappa shape index (κ3) is 6.25. The van der Waals surface area contributed by atoms with Crippen molar-refractivity contribution < 1.29 is 19.3 Å². The van der Waals surface area contributed by atoms with Crippen molar-refractivity contribution in [3.05, 3.63) is 0 Å². The monoisotopic (exact) mass is 163 g/mol. The fourth-order valence-corrected chi connectivity index (χ4v) is 0.609. The van der Waals surface area contributed by atoms with Crippen molar-refractivity contribution >= 4 is 0 Å². The van der Waals surface area contributed by atoms with Crippen LogP contribution in [0.5, 0.6) is 0 Å². The van der Waals surface area contributed by atoms with Crippen LogP contribution in [0.25, 0.3) is 0 Å². The summed E-state index contributed by atoms with van der Waals surface area (Å²) in [6.45, 7) is 2.78. The lowest BCUT2D eigenvalue weighted by Gasteiger charge is -2.14. The molecular weight excluding hydrogens is 148 g/mol. The van der Waals surface area contributed by atoms with Crippen LogP contribution in [-0.4, -0.2) is 39.8 Å². The Balaban J connectivity index is 3.20. The van der Waals surface area contributed by atoms with E-state index in [0.717, 1.165) is 0 Å². The zero-order chi connectivity index (χ0) is 8.53. The zero-order valence-corrected chi connectivity index (χ0v) is 7.04. The third-order valence-corrected chi connectivity index (χ3v) is 1.10. The molecule has 1 radical (unpaired) electrons. The first kappa shape index (κ1) is 10.8. The summed E-state index contributed by atoms with van der Waals surface area (Å²) >= 11 is 0. The standard InChI is InChI=1S/C7H15O4/c1-3-11-7(9-2)6-10-5-4-8/h7H,3-6H2,1-2H3. The first-order valence-electron chi connectivity index (χ1n) is 3.65. The second kappa shape index (κ2) is 7.94. The molecule has 0 fully saturated rings. The second-order valence-corrected chi connectivity index (χ2v) is 1.90. The molecule has 0 aromatic heterocycles. The van der Waals surface area contributed by atoms with E-state index in [-0.39, 0.29) is 19.5 Å². The minimum Gasteiger partial charge on any atom is -0.374 e. The molecule has 0 rings (SSSR count). The largest absolute Gasteiger partial charge is 0.374 e. The molecule has 0 aromatic rings. The summed E-state index contributed by atoms with van der Waals surface area (Å²) in [7, 11) is 1.54. The smallest absolute Gasteiger partial charge is 0.180 e. The summed E-state index contributed by atoms with van der Waals surface area (Å²) in [6.07, 6.45) is -0.341. The first-order chi connectivity index (χ1) is 5.35. The Morgan fingerprint density at radius 2 is 2.18 bits per heavy atom. The molecule has 0 N–H and O–H groups in total. The highest BCUT2D eigenvalue weighted by atomic mass is 16.7. The van der Waals surface area contributed by atoms with Gasteiger partial charge < -0.3 is 14.2 Å². The van der Waals surface area contributed by atoms with Gasteiger partial charge in [0.05, 0.1) is 13.2 Å². The summed E-state index contributed by atoms with van der Waals surface area (Å²) in [6, 6.07) is 0. The highest BCUT2D eigenvalue weighted by molar-refractivity contribution is 4.39. The van der Waals surface area contributed by atoms with Crippen LogP contribution in [0, 0.1) is 0 Å². The lowest BCUT2D eigenvalue weighted by Crippen LogP contribution is -2.22. The molecule has 0 amide bonds. The summed E-state index contributed by atoms with van der Waals surface area (Å²) in [5.74, 6) is 0. The van der Waals surface area contributed by atoms with Crippen LogP contribution in [0.2, 0.25) is 0 Å². The van der Waals surface area contributed by atoms with Gasteiger partial charge in [-0.25, -0.2) is 5.11 Å². The summed E-state index contributed by atoms with van der Waals surface area (Å²) < 4.78 is 14.9. The van der Waals surface area contributed by atoms with Crippen LogP contribution in [0.1, 0.15) is 6.92 Å². The Morgan fingerprint density at radius 3 is 2.64 bits per heavy atom. The van der Waals surface area contributed by atoms with Gasteiger partial charge in [0, 0.05) is 13.7 Å². The van der Waals surface area contributed by atoms with Gasteiger partial charge in [0.2, 0.25) is 0 Å². The summed E-state index contributed by atoms with van der Waals surface area (Å²) in [4.78, 5) is 0. The summed E-state index contributed by atoms with van der Waals surface area (Å²) in [5, 5.41) is 9.95. The average molecular weight is 163 g/mol. The van der Waals surface area contributed by atoms with E-state index in [1.54, 1.807) is 7.11 Å². The molecule has 1 atom stereocenters. The quantitative estimate of drug-likeness (QED) is 0.404. The van der Waals surface area contributed by atoms with Crippen LogP contribution in [0.3, 0.4) is 0 Å². The number of rotatable bonds is 7. The Labute approximate surface area is 67.1 Å². The Hall–Kier alpha value is -0.160. The number of ether oxygens (including phenoxy) is 3. The van der Waals surface area contributed by atoms with Gasteiger partial charge in [-0.05, 0) is 6.92 Å². The highest BCUT2D eigenvalue weighted by Crippen LogP contribution is 1.93. The van der Waals surface area contributed by atoms with Crippen molar-refractivity contribution in [1.29, 1.82) is 0 Å². The van der Waals surface area contributed by atoms with Gasteiger partial charge in [-0.3, -0.25) is 0 Å². The number of hydrogen-bond donors (Lipinski definition) is 0. The van der Waals surface area contributed by atoms with Crippen LogP contribution >= 0.6 is 0 Å². The van der Waals surface area contributed by atoms with E-state index in [1.165, 1.54) is 0 Å². The maximum absolute atomic E-state index is 9.95. The maximum Gasteiger partial charge on any atom is 0.180 e. The van der Waals surface area contributed by atoms with Crippen molar-refractivity contribution in [1.82, 2.24) is 0 Å². The van der Waals surface area contributed by atoms with Crippen molar-refractivity contribution in [3.8, 4) is 0 Å². The van der Waals surface area contributed by atoms with Gasteiger partial charge in [0.1, 0.15) is 6.61 Å². The Morgan fingerprint density at radius 1 is 1.45 bits per heavy atom. The molecule has 0 saturated heterocycles.